The number of carbonyl (C=O) groups excluding carboxylic acids is 2. The number of nitro groups is 4. The van der Waals surface area contributed by atoms with Crippen LogP contribution >= 0.6 is 0 Å². The predicted octanol–water partition coefficient (Wildman–Crippen LogP) is 5.10. The summed E-state index contributed by atoms with van der Waals surface area (Å²) in [6.07, 6.45) is -1.95. The monoisotopic (exact) mass is 777 g/mol. The van der Waals surface area contributed by atoms with Crippen LogP contribution < -0.4 is 5.56 Å². The molecule has 0 bridgehead atoms. The summed E-state index contributed by atoms with van der Waals surface area (Å²) >= 11 is 0. The van der Waals surface area contributed by atoms with E-state index in [0.717, 1.165) is 30.0 Å². The lowest BCUT2D eigenvalue weighted by atomic mass is 9.85. The van der Waals surface area contributed by atoms with E-state index in [-0.39, 0.29) is 24.1 Å². The largest absolute Gasteiger partial charge is 0.457 e. The number of aromatic nitrogens is 2. The van der Waals surface area contributed by atoms with Crippen molar-refractivity contribution in [3.05, 3.63) is 139 Å². The standard InChI is InChI=1S/C36H23N7O14/c1-3-36(24-13-28-31-18(8-17-6-4-5-7-25(17)37-31)14-39(28)33(44)23(24)15-55-35(36)46)56-34(45)16(2)57-38-32-21-9-19(40(47)48)11-26(42(51)52)29(21)30-22(32)10-20(41(49)50)12-27(30)43(53)54/h4-13,16H,3,14-15H2,1-2H3/t16?,36-/m0/s1. The number of fused-ring (bicyclic) bond motifs is 8. The van der Waals surface area contributed by atoms with Gasteiger partial charge in [0.1, 0.15) is 12.3 Å². The van der Waals surface area contributed by atoms with E-state index in [2.05, 4.69) is 5.16 Å². The first-order valence-electron chi connectivity index (χ1n) is 16.9. The quantitative estimate of drug-likeness (QED) is 0.105. The Labute approximate surface area is 316 Å². The molecule has 3 aliphatic rings. The first-order chi connectivity index (χ1) is 27.1. The summed E-state index contributed by atoms with van der Waals surface area (Å²) in [6, 6.07) is 13.6. The number of nitro benzene ring substituents is 4. The minimum Gasteiger partial charge on any atom is -0.457 e. The summed E-state index contributed by atoms with van der Waals surface area (Å²) < 4.78 is 12.7. The zero-order valence-corrected chi connectivity index (χ0v) is 29.3. The average Bonchev–Trinajstić information content (AvgIpc) is 3.70. The molecule has 5 aromatic rings. The Balaban J connectivity index is 1.19. The zero-order chi connectivity index (χ0) is 40.7. The maximum atomic E-state index is 13.9. The Hall–Kier alpha value is -7.97. The number of hydrogen-bond donors (Lipinski definition) is 0. The normalized spacial score (nSPS) is 16.3. The summed E-state index contributed by atoms with van der Waals surface area (Å²) in [5.74, 6) is -2.22. The maximum absolute atomic E-state index is 13.9. The fraction of sp³-hybridized carbons (Fsp3) is 0.194. The van der Waals surface area contributed by atoms with Gasteiger partial charge in [0.15, 0.2) is 0 Å². The number of pyridine rings is 2. The molecule has 2 atom stereocenters. The summed E-state index contributed by atoms with van der Waals surface area (Å²) in [5.41, 5.74) is -6.20. The van der Waals surface area contributed by atoms with Gasteiger partial charge in [-0.05, 0) is 31.5 Å². The molecule has 4 heterocycles. The molecule has 0 fully saturated rings. The molecular weight excluding hydrogens is 754 g/mol. The molecule has 3 aromatic carbocycles. The highest BCUT2D eigenvalue weighted by Gasteiger charge is 2.51. The van der Waals surface area contributed by atoms with E-state index >= 15 is 0 Å². The average molecular weight is 778 g/mol. The Morgan fingerprint density at radius 2 is 1.53 bits per heavy atom. The summed E-state index contributed by atoms with van der Waals surface area (Å²) in [6.45, 7) is 2.44. The molecule has 0 spiro atoms. The van der Waals surface area contributed by atoms with Gasteiger partial charge in [0.2, 0.25) is 11.7 Å². The molecule has 0 saturated carbocycles. The highest BCUT2D eigenvalue weighted by molar-refractivity contribution is 6.27. The zero-order valence-electron chi connectivity index (χ0n) is 29.3. The van der Waals surface area contributed by atoms with E-state index in [1.807, 2.05) is 30.3 Å². The van der Waals surface area contributed by atoms with E-state index in [1.54, 1.807) is 6.07 Å². The minimum absolute atomic E-state index is 0.0599. The number of nitrogens with zero attached hydrogens (tertiary/aromatic N) is 7. The number of oxime groups is 1. The summed E-state index contributed by atoms with van der Waals surface area (Å²) in [7, 11) is 0. The van der Waals surface area contributed by atoms with Gasteiger partial charge in [-0.3, -0.25) is 45.3 Å². The van der Waals surface area contributed by atoms with Crippen molar-refractivity contribution in [2.75, 3.05) is 0 Å². The Morgan fingerprint density at radius 1 is 0.912 bits per heavy atom. The number of ether oxygens (including phenoxy) is 2. The van der Waals surface area contributed by atoms with Crippen LogP contribution in [0.5, 0.6) is 0 Å². The van der Waals surface area contributed by atoms with E-state index in [4.69, 9.17) is 19.3 Å². The van der Waals surface area contributed by atoms with Crippen molar-refractivity contribution in [3.63, 3.8) is 0 Å². The second kappa shape index (κ2) is 12.8. The predicted molar refractivity (Wildman–Crippen MR) is 193 cm³/mol. The third kappa shape index (κ3) is 5.42. The number of para-hydroxylation sites is 1. The SMILES string of the molecule is CC[C@@]1(OC(=O)C(C)ON=C2c3cc([N+](=O)[O-])cc([N+](=O)[O-])c3-c3c2cc([N+](=O)[O-])cc3[N+](=O)[O-])C(=O)OCc2c1cc1n(c2=O)Cc2cc3ccccc3nc2-1. The highest BCUT2D eigenvalue weighted by atomic mass is 16.7. The summed E-state index contributed by atoms with van der Waals surface area (Å²) in [4.78, 5) is 95.3. The molecule has 0 saturated heterocycles. The molecule has 0 N–H and O–H groups in total. The third-order valence-electron chi connectivity index (χ3n) is 10.1. The molecule has 286 valence electrons. The van der Waals surface area contributed by atoms with Gasteiger partial charge in [-0.1, -0.05) is 30.3 Å². The molecule has 8 rings (SSSR count). The van der Waals surface area contributed by atoms with Crippen molar-refractivity contribution < 1.29 is 43.6 Å². The van der Waals surface area contributed by atoms with Gasteiger partial charge in [0, 0.05) is 39.8 Å². The molecule has 21 heteroatoms. The van der Waals surface area contributed by atoms with Gasteiger partial charge in [-0.2, -0.15) is 0 Å². The lowest BCUT2D eigenvalue weighted by Gasteiger charge is -2.36. The van der Waals surface area contributed by atoms with Crippen LogP contribution in [0.1, 0.15) is 48.1 Å². The lowest BCUT2D eigenvalue weighted by molar-refractivity contribution is -0.395. The van der Waals surface area contributed by atoms with Crippen LogP contribution in [-0.2, 0) is 42.7 Å². The Morgan fingerprint density at radius 3 is 2.11 bits per heavy atom. The van der Waals surface area contributed by atoms with E-state index in [0.29, 0.717) is 29.0 Å². The number of benzene rings is 3. The molecule has 2 aromatic heterocycles. The van der Waals surface area contributed by atoms with Crippen LogP contribution in [-0.4, -0.2) is 53.0 Å². The number of non-ortho nitro benzene ring substituents is 2. The highest BCUT2D eigenvalue weighted by Crippen LogP contribution is 2.50. The van der Waals surface area contributed by atoms with Crippen molar-refractivity contribution in [1.29, 1.82) is 0 Å². The van der Waals surface area contributed by atoms with Gasteiger partial charge < -0.3 is 18.9 Å². The number of esters is 2. The van der Waals surface area contributed by atoms with E-state index < -0.39 is 106 Å². The molecule has 2 aliphatic heterocycles. The minimum atomic E-state index is -2.17. The molecule has 21 nitrogen and oxygen atoms in total. The van der Waals surface area contributed by atoms with Crippen LogP contribution in [0.3, 0.4) is 0 Å². The van der Waals surface area contributed by atoms with Gasteiger partial charge >= 0.3 is 11.9 Å². The second-order valence-corrected chi connectivity index (χ2v) is 13.2. The van der Waals surface area contributed by atoms with Gasteiger partial charge in [0.25, 0.3) is 28.3 Å². The maximum Gasteiger partial charge on any atom is 0.355 e. The van der Waals surface area contributed by atoms with Gasteiger partial charge in [0.05, 0.1) is 72.0 Å². The van der Waals surface area contributed by atoms with Crippen LogP contribution in [0.25, 0.3) is 33.4 Å². The molecular formula is C36H23N7O14. The molecule has 57 heavy (non-hydrogen) atoms. The summed E-state index contributed by atoms with van der Waals surface area (Å²) in [5, 5.41) is 52.6. The van der Waals surface area contributed by atoms with Crippen LogP contribution in [0.15, 0.2) is 70.6 Å². The Kier molecular flexibility index (Phi) is 8.10. The fourth-order valence-corrected chi connectivity index (χ4v) is 7.38. The third-order valence-corrected chi connectivity index (χ3v) is 10.1. The first-order valence-corrected chi connectivity index (χ1v) is 16.9. The van der Waals surface area contributed by atoms with Crippen LogP contribution in [0.2, 0.25) is 0 Å². The van der Waals surface area contributed by atoms with Crippen molar-refractivity contribution in [1.82, 2.24) is 9.55 Å². The van der Waals surface area contributed by atoms with E-state index in [9.17, 15) is 54.8 Å². The number of carbonyl (C=O) groups is 2. The van der Waals surface area contributed by atoms with E-state index in [1.165, 1.54) is 11.5 Å². The molecule has 0 amide bonds. The molecule has 1 unspecified atom stereocenters. The fourth-order valence-electron chi connectivity index (χ4n) is 7.38. The van der Waals surface area contributed by atoms with Crippen molar-refractivity contribution in [3.8, 4) is 22.5 Å². The van der Waals surface area contributed by atoms with Crippen molar-refractivity contribution >= 4 is 51.3 Å². The lowest BCUT2D eigenvalue weighted by Crippen LogP contribution is -2.48. The first kappa shape index (κ1) is 36.0. The van der Waals surface area contributed by atoms with Crippen LogP contribution in [0.4, 0.5) is 22.7 Å². The Bertz CT molecular complexity index is 2750. The smallest absolute Gasteiger partial charge is 0.355 e. The van der Waals surface area contributed by atoms with Gasteiger partial charge in [-0.15, -0.1) is 0 Å². The van der Waals surface area contributed by atoms with Crippen molar-refractivity contribution in [2.24, 2.45) is 5.16 Å². The number of cyclic esters (lactones) is 1. The van der Waals surface area contributed by atoms with Gasteiger partial charge in [-0.25, -0.2) is 14.6 Å². The topological polar surface area (TPSA) is 282 Å². The second-order valence-electron chi connectivity index (χ2n) is 13.2. The molecule has 0 radical (unpaired) electrons. The van der Waals surface area contributed by atoms with Crippen molar-refractivity contribution in [2.45, 2.75) is 45.1 Å². The number of hydrogen-bond acceptors (Lipinski definition) is 16. The number of rotatable bonds is 9. The van der Waals surface area contributed by atoms with Crippen LogP contribution in [0, 0.1) is 40.5 Å². The molecule has 1 aliphatic carbocycles.